The van der Waals surface area contributed by atoms with Gasteiger partial charge in [-0.2, -0.15) is 0 Å². The van der Waals surface area contributed by atoms with Crippen LogP contribution in [-0.2, 0) is 4.79 Å². The van der Waals surface area contributed by atoms with E-state index in [2.05, 4.69) is 11.9 Å². The zero-order valence-corrected chi connectivity index (χ0v) is 10.5. The van der Waals surface area contributed by atoms with E-state index in [1.165, 1.54) is 6.92 Å². The first-order valence-electron chi connectivity index (χ1n) is 5.87. The van der Waals surface area contributed by atoms with Gasteiger partial charge in [-0.25, -0.2) is 0 Å². The summed E-state index contributed by atoms with van der Waals surface area (Å²) >= 11 is 0. The minimum absolute atomic E-state index is 0.146. The summed E-state index contributed by atoms with van der Waals surface area (Å²) in [5, 5.41) is 22.3. The molecule has 0 aliphatic heterocycles. The van der Waals surface area contributed by atoms with Gasteiger partial charge in [0.25, 0.3) is 0 Å². The maximum atomic E-state index is 10.7. The van der Waals surface area contributed by atoms with Crippen LogP contribution in [0.4, 0.5) is 0 Å². The Morgan fingerprint density at radius 1 is 1.39 bits per heavy atom. The molecule has 0 saturated heterocycles. The topological polar surface area (TPSA) is 69.6 Å². The third kappa shape index (κ3) is 4.31. The molecule has 1 aromatic rings. The maximum Gasteiger partial charge on any atom is 0.216 e. The molecule has 2 unspecified atom stereocenters. The van der Waals surface area contributed by atoms with Gasteiger partial charge in [-0.15, -0.1) is 0 Å². The van der Waals surface area contributed by atoms with E-state index in [1.807, 2.05) is 12.1 Å². The van der Waals surface area contributed by atoms with E-state index in [9.17, 15) is 15.0 Å². The molecular formula is C14H19NO3. The lowest BCUT2D eigenvalue weighted by molar-refractivity contribution is -0.119. The second kappa shape index (κ2) is 6.93. The van der Waals surface area contributed by atoms with Crippen molar-refractivity contribution in [3.05, 3.63) is 42.0 Å². The van der Waals surface area contributed by atoms with Crippen molar-refractivity contribution in [1.29, 1.82) is 0 Å². The zero-order chi connectivity index (χ0) is 13.5. The molecule has 1 aromatic carbocycles. The standard InChI is InChI=1S/C14H19NO3/c1-3-11-4-6-12(7-5-11)14(18)13(17)8-9-15-10(2)16/h3-7,13-14,17-18H,1,8-9H2,2H3,(H,15,16). The Hall–Kier alpha value is -1.65. The van der Waals surface area contributed by atoms with Crippen molar-refractivity contribution in [1.82, 2.24) is 5.32 Å². The van der Waals surface area contributed by atoms with Crippen LogP contribution in [0.5, 0.6) is 0 Å². The number of amides is 1. The molecule has 0 saturated carbocycles. The molecule has 18 heavy (non-hydrogen) atoms. The molecular weight excluding hydrogens is 230 g/mol. The minimum atomic E-state index is -0.947. The fourth-order valence-corrected chi connectivity index (χ4v) is 1.61. The van der Waals surface area contributed by atoms with Gasteiger partial charge in [-0.05, 0) is 17.5 Å². The van der Waals surface area contributed by atoms with Crippen molar-refractivity contribution in [3.63, 3.8) is 0 Å². The molecule has 4 heteroatoms. The summed E-state index contributed by atoms with van der Waals surface area (Å²) in [5.41, 5.74) is 1.61. The summed E-state index contributed by atoms with van der Waals surface area (Å²) in [6.45, 7) is 5.40. The van der Waals surface area contributed by atoms with E-state index < -0.39 is 12.2 Å². The maximum absolute atomic E-state index is 10.7. The highest BCUT2D eigenvalue weighted by molar-refractivity contribution is 5.72. The van der Waals surface area contributed by atoms with Crippen LogP contribution >= 0.6 is 0 Å². The molecule has 0 heterocycles. The Morgan fingerprint density at radius 2 is 2.00 bits per heavy atom. The predicted octanol–water partition coefficient (Wildman–Crippen LogP) is 1.25. The highest BCUT2D eigenvalue weighted by Crippen LogP contribution is 2.19. The molecule has 0 radical (unpaired) electrons. The Bertz CT molecular complexity index is 400. The Labute approximate surface area is 107 Å². The van der Waals surface area contributed by atoms with Crippen LogP contribution in [0.1, 0.15) is 30.6 Å². The quantitative estimate of drug-likeness (QED) is 0.710. The van der Waals surface area contributed by atoms with Gasteiger partial charge >= 0.3 is 0 Å². The third-order valence-corrected chi connectivity index (χ3v) is 2.69. The summed E-state index contributed by atoms with van der Waals surface area (Å²) in [6.07, 6.45) is 0.178. The molecule has 0 aliphatic carbocycles. The number of hydrogen-bond acceptors (Lipinski definition) is 3. The van der Waals surface area contributed by atoms with E-state index in [1.54, 1.807) is 18.2 Å². The minimum Gasteiger partial charge on any atom is -0.390 e. The van der Waals surface area contributed by atoms with Gasteiger partial charge in [0.05, 0.1) is 6.10 Å². The highest BCUT2D eigenvalue weighted by Gasteiger charge is 2.17. The van der Waals surface area contributed by atoms with Crippen molar-refractivity contribution >= 4 is 12.0 Å². The number of hydrogen-bond donors (Lipinski definition) is 3. The molecule has 98 valence electrons. The first-order chi connectivity index (χ1) is 8.54. The van der Waals surface area contributed by atoms with Crippen molar-refractivity contribution in [2.45, 2.75) is 25.6 Å². The van der Waals surface area contributed by atoms with Gasteiger partial charge in [0, 0.05) is 13.5 Å². The molecule has 0 aromatic heterocycles. The van der Waals surface area contributed by atoms with Crippen molar-refractivity contribution < 1.29 is 15.0 Å². The molecule has 0 bridgehead atoms. The van der Waals surface area contributed by atoms with E-state index >= 15 is 0 Å². The zero-order valence-electron chi connectivity index (χ0n) is 10.5. The predicted molar refractivity (Wildman–Crippen MR) is 70.8 cm³/mol. The number of aliphatic hydroxyl groups is 2. The first-order valence-corrected chi connectivity index (χ1v) is 5.87. The molecule has 0 fully saturated rings. The third-order valence-electron chi connectivity index (χ3n) is 2.69. The van der Waals surface area contributed by atoms with Gasteiger partial charge in [-0.3, -0.25) is 4.79 Å². The fourth-order valence-electron chi connectivity index (χ4n) is 1.61. The molecule has 1 amide bonds. The summed E-state index contributed by atoms with van der Waals surface area (Å²) in [4.78, 5) is 10.7. The molecule has 0 aliphatic rings. The number of nitrogens with one attached hydrogen (secondary N) is 1. The molecule has 3 N–H and O–H groups in total. The van der Waals surface area contributed by atoms with Crippen LogP contribution in [0.2, 0.25) is 0 Å². The van der Waals surface area contributed by atoms with Crippen LogP contribution in [-0.4, -0.2) is 28.8 Å². The monoisotopic (exact) mass is 249 g/mol. The highest BCUT2D eigenvalue weighted by atomic mass is 16.3. The second-order valence-corrected chi connectivity index (χ2v) is 4.15. The van der Waals surface area contributed by atoms with Crippen LogP contribution in [0.15, 0.2) is 30.8 Å². The normalized spacial score (nSPS) is 13.7. The Balaban J connectivity index is 2.53. The van der Waals surface area contributed by atoms with Gasteiger partial charge < -0.3 is 15.5 Å². The van der Waals surface area contributed by atoms with Gasteiger partial charge in [-0.1, -0.05) is 36.9 Å². The first kappa shape index (κ1) is 14.4. The molecule has 1 rings (SSSR count). The van der Waals surface area contributed by atoms with Crippen molar-refractivity contribution in [2.75, 3.05) is 6.54 Å². The average Bonchev–Trinajstić information content (AvgIpc) is 2.37. The fraction of sp³-hybridized carbons (Fsp3) is 0.357. The van der Waals surface area contributed by atoms with Crippen LogP contribution in [0.3, 0.4) is 0 Å². The summed E-state index contributed by atoms with van der Waals surface area (Å²) in [6, 6.07) is 7.16. The van der Waals surface area contributed by atoms with Crippen LogP contribution < -0.4 is 5.32 Å². The Kier molecular flexibility index (Phi) is 5.55. The Morgan fingerprint density at radius 3 is 2.50 bits per heavy atom. The summed E-state index contributed by atoms with van der Waals surface area (Å²) in [5.74, 6) is -0.146. The largest absolute Gasteiger partial charge is 0.390 e. The van der Waals surface area contributed by atoms with Crippen molar-refractivity contribution in [3.8, 4) is 0 Å². The molecule has 2 atom stereocenters. The number of aliphatic hydroxyl groups excluding tert-OH is 2. The SMILES string of the molecule is C=Cc1ccc(C(O)C(O)CCNC(C)=O)cc1. The molecule has 4 nitrogen and oxygen atoms in total. The summed E-state index contributed by atoms with van der Waals surface area (Å²) < 4.78 is 0. The average molecular weight is 249 g/mol. The smallest absolute Gasteiger partial charge is 0.216 e. The number of carbonyl (C=O) groups is 1. The van der Waals surface area contributed by atoms with E-state index in [-0.39, 0.29) is 5.91 Å². The van der Waals surface area contributed by atoms with E-state index in [0.717, 1.165) is 5.56 Å². The second-order valence-electron chi connectivity index (χ2n) is 4.15. The van der Waals surface area contributed by atoms with E-state index in [0.29, 0.717) is 18.5 Å². The van der Waals surface area contributed by atoms with E-state index in [4.69, 9.17) is 0 Å². The lowest BCUT2D eigenvalue weighted by Gasteiger charge is -2.18. The van der Waals surface area contributed by atoms with Crippen LogP contribution in [0.25, 0.3) is 6.08 Å². The molecule has 0 spiro atoms. The van der Waals surface area contributed by atoms with Gasteiger partial charge in [0.15, 0.2) is 0 Å². The van der Waals surface area contributed by atoms with Crippen molar-refractivity contribution in [2.24, 2.45) is 0 Å². The number of benzene rings is 1. The lowest BCUT2D eigenvalue weighted by atomic mass is 10.0. The van der Waals surface area contributed by atoms with Gasteiger partial charge in [0.1, 0.15) is 6.10 Å². The lowest BCUT2D eigenvalue weighted by Crippen LogP contribution is -2.27. The van der Waals surface area contributed by atoms with Gasteiger partial charge in [0.2, 0.25) is 5.91 Å². The number of carbonyl (C=O) groups excluding carboxylic acids is 1. The summed E-state index contributed by atoms with van der Waals surface area (Å²) in [7, 11) is 0. The van der Waals surface area contributed by atoms with Crippen LogP contribution in [0, 0.1) is 0 Å². The number of rotatable bonds is 6.